The fraction of sp³-hybridized carbons (Fsp3) is 0.571. The summed E-state index contributed by atoms with van der Waals surface area (Å²) in [6.45, 7) is 6.06. The van der Waals surface area contributed by atoms with Crippen molar-refractivity contribution in [2.45, 2.75) is 26.3 Å². The SMILES string of the molecule is CCOc1ccc2c(c1)CN(CCCO)CC2. The molecule has 0 aromatic heterocycles. The molecule has 1 aliphatic heterocycles. The number of rotatable bonds is 5. The van der Waals surface area contributed by atoms with E-state index in [-0.39, 0.29) is 6.61 Å². The van der Waals surface area contributed by atoms with Gasteiger partial charge in [0.1, 0.15) is 5.75 Å². The van der Waals surface area contributed by atoms with Crippen LogP contribution in [0.3, 0.4) is 0 Å². The molecule has 17 heavy (non-hydrogen) atoms. The summed E-state index contributed by atoms with van der Waals surface area (Å²) in [5, 5.41) is 8.86. The van der Waals surface area contributed by atoms with Crippen molar-refractivity contribution in [1.82, 2.24) is 4.90 Å². The van der Waals surface area contributed by atoms with Crippen LogP contribution in [0.1, 0.15) is 24.5 Å². The van der Waals surface area contributed by atoms with Crippen molar-refractivity contribution < 1.29 is 9.84 Å². The molecule has 0 saturated heterocycles. The van der Waals surface area contributed by atoms with E-state index in [0.29, 0.717) is 6.61 Å². The first-order chi connectivity index (χ1) is 8.33. The molecule has 1 N–H and O–H groups in total. The molecule has 0 unspecified atom stereocenters. The summed E-state index contributed by atoms with van der Waals surface area (Å²) < 4.78 is 5.53. The highest BCUT2D eigenvalue weighted by Gasteiger charge is 2.16. The molecule has 1 aromatic carbocycles. The van der Waals surface area contributed by atoms with Crippen LogP contribution in [0.15, 0.2) is 18.2 Å². The lowest BCUT2D eigenvalue weighted by Crippen LogP contribution is -2.31. The van der Waals surface area contributed by atoms with E-state index in [2.05, 4.69) is 23.1 Å². The van der Waals surface area contributed by atoms with Gasteiger partial charge < -0.3 is 9.84 Å². The Hall–Kier alpha value is -1.06. The smallest absolute Gasteiger partial charge is 0.119 e. The van der Waals surface area contributed by atoms with Gasteiger partial charge in [-0.05, 0) is 43.0 Å². The van der Waals surface area contributed by atoms with Crippen LogP contribution in [-0.2, 0) is 13.0 Å². The number of ether oxygens (including phenoxy) is 1. The fourth-order valence-electron chi connectivity index (χ4n) is 2.33. The van der Waals surface area contributed by atoms with Crippen molar-refractivity contribution in [3.63, 3.8) is 0 Å². The topological polar surface area (TPSA) is 32.7 Å². The van der Waals surface area contributed by atoms with Crippen molar-refractivity contribution in [3.8, 4) is 5.75 Å². The van der Waals surface area contributed by atoms with Crippen LogP contribution in [0.2, 0.25) is 0 Å². The Labute approximate surface area is 103 Å². The minimum absolute atomic E-state index is 0.280. The third kappa shape index (κ3) is 3.20. The van der Waals surface area contributed by atoms with E-state index in [0.717, 1.165) is 38.2 Å². The number of aliphatic hydroxyl groups excluding tert-OH is 1. The lowest BCUT2D eigenvalue weighted by molar-refractivity contribution is 0.212. The zero-order valence-corrected chi connectivity index (χ0v) is 10.5. The van der Waals surface area contributed by atoms with Crippen LogP contribution in [0.25, 0.3) is 0 Å². The average Bonchev–Trinajstić information content (AvgIpc) is 2.36. The molecule has 1 heterocycles. The van der Waals surface area contributed by atoms with Crippen molar-refractivity contribution in [3.05, 3.63) is 29.3 Å². The highest BCUT2D eigenvalue weighted by molar-refractivity contribution is 5.37. The van der Waals surface area contributed by atoms with Gasteiger partial charge in [-0.25, -0.2) is 0 Å². The Balaban J connectivity index is 2.04. The fourth-order valence-corrected chi connectivity index (χ4v) is 2.33. The third-order valence-corrected chi connectivity index (χ3v) is 3.21. The molecule has 0 saturated carbocycles. The second kappa shape index (κ2) is 6.03. The number of nitrogens with zero attached hydrogens (tertiary/aromatic N) is 1. The van der Waals surface area contributed by atoms with Gasteiger partial charge in [-0.1, -0.05) is 6.07 Å². The molecule has 94 valence electrons. The van der Waals surface area contributed by atoms with E-state index in [1.165, 1.54) is 11.1 Å². The monoisotopic (exact) mass is 235 g/mol. The van der Waals surface area contributed by atoms with Crippen molar-refractivity contribution in [1.29, 1.82) is 0 Å². The number of fused-ring (bicyclic) bond motifs is 1. The molecular weight excluding hydrogens is 214 g/mol. The van der Waals surface area contributed by atoms with Crippen molar-refractivity contribution >= 4 is 0 Å². The average molecular weight is 235 g/mol. The van der Waals surface area contributed by atoms with E-state index in [1.54, 1.807) is 0 Å². The van der Waals surface area contributed by atoms with E-state index < -0.39 is 0 Å². The van der Waals surface area contributed by atoms with Gasteiger partial charge in [-0.3, -0.25) is 4.90 Å². The van der Waals surface area contributed by atoms with Crippen LogP contribution < -0.4 is 4.74 Å². The number of benzene rings is 1. The van der Waals surface area contributed by atoms with Gasteiger partial charge in [0.25, 0.3) is 0 Å². The molecule has 0 aliphatic carbocycles. The first-order valence-electron chi connectivity index (χ1n) is 6.41. The van der Waals surface area contributed by atoms with E-state index in [1.807, 2.05) is 6.92 Å². The van der Waals surface area contributed by atoms with Crippen molar-refractivity contribution in [2.24, 2.45) is 0 Å². The Morgan fingerprint density at radius 3 is 3.00 bits per heavy atom. The maximum absolute atomic E-state index is 8.86. The van der Waals surface area contributed by atoms with Crippen LogP contribution in [0.5, 0.6) is 5.75 Å². The third-order valence-electron chi connectivity index (χ3n) is 3.21. The summed E-state index contributed by atoms with van der Waals surface area (Å²) >= 11 is 0. The zero-order chi connectivity index (χ0) is 12.1. The van der Waals surface area contributed by atoms with E-state index >= 15 is 0 Å². The molecule has 1 aliphatic rings. The number of hydrogen-bond acceptors (Lipinski definition) is 3. The van der Waals surface area contributed by atoms with Crippen LogP contribution in [-0.4, -0.2) is 36.3 Å². The molecule has 0 atom stereocenters. The first-order valence-corrected chi connectivity index (χ1v) is 6.41. The summed E-state index contributed by atoms with van der Waals surface area (Å²) in [6, 6.07) is 6.40. The summed E-state index contributed by atoms with van der Waals surface area (Å²) in [5.74, 6) is 0.968. The molecule has 1 aromatic rings. The van der Waals surface area contributed by atoms with Gasteiger partial charge >= 0.3 is 0 Å². The Morgan fingerprint density at radius 2 is 2.24 bits per heavy atom. The lowest BCUT2D eigenvalue weighted by atomic mass is 9.99. The molecule has 3 nitrogen and oxygen atoms in total. The predicted octanol–water partition coefficient (Wildman–Crippen LogP) is 1.83. The Bertz CT molecular complexity index is 365. The van der Waals surface area contributed by atoms with Gasteiger partial charge in [0.05, 0.1) is 6.61 Å². The Kier molecular flexibility index (Phi) is 4.40. The van der Waals surface area contributed by atoms with Crippen molar-refractivity contribution in [2.75, 3.05) is 26.3 Å². The number of hydrogen-bond donors (Lipinski definition) is 1. The molecule has 3 heteroatoms. The molecule has 0 spiro atoms. The minimum atomic E-state index is 0.280. The minimum Gasteiger partial charge on any atom is -0.494 e. The van der Waals surface area contributed by atoms with Crippen LogP contribution in [0, 0.1) is 0 Å². The summed E-state index contributed by atoms with van der Waals surface area (Å²) in [4.78, 5) is 2.40. The second-order valence-electron chi connectivity index (χ2n) is 4.47. The van der Waals surface area contributed by atoms with Gasteiger partial charge in [0.15, 0.2) is 0 Å². The van der Waals surface area contributed by atoms with E-state index in [9.17, 15) is 0 Å². The van der Waals surface area contributed by atoms with Gasteiger partial charge in [-0.15, -0.1) is 0 Å². The molecular formula is C14H21NO2. The van der Waals surface area contributed by atoms with Crippen LogP contribution >= 0.6 is 0 Å². The lowest BCUT2D eigenvalue weighted by Gasteiger charge is -2.28. The van der Waals surface area contributed by atoms with Gasteiger partial charge in [0, 0.05) is 26.2 Å². The molecule has 0 radical (unpaired) electrons. The highest BCUT2D eigenvalue weighted by atomic mass is 16.5. The normalized spacial score (nSPS) is 15.6. The Morgan fingerprint density at radius 1 is 1.35 bits per heavy atom. The zero-order valence-electron chi connectivity index (χ0n) is 10.5. The molecule has 2 rings (SSSR count). The summed E-state index contributed by atoms with van der Waals surface area (Å²) in [6.07, 6.45) is 1.97. The quantitative estimate of drug-likeness (QED) is 0.845. The van der Waals surface area contributed by atoms with E-state index in [4.69, 9.17) is 9.84 Å². The largest absolute Gasteiger partial charge is 0.494 e. The first kappa shape index (κ1) is 12.4. The van der Waals surface area contributed by atoms with Gasteiger partial charge in [-0.2, -0.15) is 0 Å². The van der Waals surface area contributed by atoms with Gasteiger partial charge in [0.2, 0.25) is 0 Å². The second-order valence-corrected chi connectivity index (χ2v) is 4.47. The summed E-state index contributed by atoms with van der Waals surface area (Å²) in [5.41, 5.74) is 2.81. The predicted molar refractivity (Wildman–Crippen MR) is 68.3 cm³/mol. The maximum atomic E-state index is 8.86. The molecule has 0 bridgehead atoms. The number of aliphatic hydroxyl groups is 1. The summed E-state index contributed by atoms with van der Waals surface area (Å²) in [7, 11) is 0. The molecule has 0 amide bonds. The standard InChI is InChI=1S/C14H21NO2/c1-2-17-14-5-4-12-6-8-15(7-3-9-16)11-13(12)10-14/h4-5,10,16H,2-3,6-9,11H2,1H3. The molecule has 0 fully saturated rings. The maximum Gasteiger partial charge on any atom is 0.119 e. The highest BCUT2D eigenvalue weighted by Crippen LogP contribution is 2.23. The van der Waals surface area contributed by atoms with Crippen LogP contribution in [0.4, 0.5) is 0 Å².